The summed E-state index contributed by atoms with van der Waals surface area (Å²) in [5, 5.41) is 0. The third-order valence-electron chi connectivity index (χ3n) is 5.07. The predicted molar refractivity (Wildman–Crippen MR) is 74.7 cm³/mol. The van der Waals surface area contributed by atoms with E-state index in [0.29, 0.717) is 6.10 Å². The highest BCUT2D eigenvalue weighted by atomic mass is 16.5. The van der Waals surface area contributed by atoms with Crippen LogP contribution in [-0.4, -0.2) is 67.8 Å². The van der Waals surface area contributed by atoms with E-state index in [1.165, 1.54) is 58.4 Å². The van der Waals surface area contributed by atoms with Gasteiger partial charge in [-0.05, 0) is 32.2 Å². The average Bonchev–Trinajstić information content (AvgIpc) is 2.47. The van der Waals surface area contributed by atoms with Crippen LogP contribution in [0.2, 0.25) is 0 Å². The molecule has 0 aromatic heterocycles. The lowest BCUT2D eigenvalue weighted by molar-refractivity contribution is -0.0256. The van der Waals surface area contributed by atoms with E-state index in [2.05, 4.69) is 16.7 Å². The van der Waals surface area contributed by atoms with Gasteiger partial charge in [-0.25, -0.2) is 0 Å². The quantitative estimate of drug-likeness (QED) is 0.811. The van der Waals surface area contributed by atoms with E-state index in [0.717, 1.165) is 6.54 Å². The van der Waals surface area contributed by atoms with E-state index in [-0.39, 0.29) is 5.54 Å². The standard InChI is InChI=1S/C14H29N3O/c1-3-16-8-10-17(11-9-16)14(12-15)6-4-13(18-2)5-7-14/h13H,3-12,15H2,1-2H3. The van der Waals surface area contributed by atoms with Crippen molar-refractivity contribution < 1.29 is 4.74 Å². The highest BCUT2D eigenvalue weighted by Crippen LogP contribution is 2.34. The molecule has 2 N–H and O–H groups in total. The Kier molecular flexibility index (Phi) is 5.01. The van der Waals surface area contributed by atoms with E-state index in [9.17, 15) is 0 Å². The number of hydrogen-bond acceptors (Lipinski definition) is 4. The molecule has 4 nitrogen and oxygen atoms in total. The number of ether oxygens (including phenoxy) is 1. The second-order valence-electron chi connectivity index (χ2n) is 5.78. The summed E-state index contributed by atoms with van der Waals surface area (Å²) in [6, 6.07) is 0. The fourth-order valence-electron chi connectivity index (χ4n) is 3.55. The second-order valence-corrected chi connectivity index (χ2v) is 5.78. The van der Waals surface area contributed by atoms with E-state index in [4.69, 9.17) is 10.5 Å². The Morgan fingerprint density at radius 1 is 1.17 bits per heavy atom. The van der Waals surface area contributed by atoms with Gasteiger partial charge < -0.3 is 15.4 Å². The SMILES string of the molecule is CCN1CCN(C2(CN)CCC(OC)CC2)CC1. The minimum Gasteiger partial charge on any atom is -0.381 e. The first-order chi connectivity index (χ1) is 8.74. The van der Waals surface area contributed by atoms with E-state index < -0.39 is 0 Å². The van der Waals surface area contributed by atoms with Gasteiger partial charge in [-0.2, -0.15) is 0 Å². The molecule has 4 heteroatoms. The number of methoxy groups -OCH3 is 1. The monoisotopic (exact) mass is 255 g/mol. The van der Waals surface area contributed by atoms with E-state index >= 15 is 0 Å². The molecule has 0 unspecified atom stereocenters. The number of hydrogen-bond donors (Lipinski definition) is 1. The summed E-state index contributed by atoms with van der Waals surface area (Å²) < 4.78 is 5.48. The lowest BCUT2D eigenvalue weighted by Crippen LogP contribution is -2.61. The number of piperazine rings is 1. The highest BCUT2D eigenvalue weighted by Gasteiger charge is 2.40. The van der Waals surface area contributed by atoms with Crippen LogP contribution >= 0.6 is 0 Å². The van der Waals surface area contributed by atoms with Crippen molar-refractivity contribution in [2.24, 2.45) is 5.73 Å². The molecule has 2 fully saturated rings. The van der Waals surface area contributed by atoms with Crippen LogP contribution in [0.3, 0.4) is 0 Å². The minimum absolute atomic E-state index is 0.259. The maximum atomic E-state index is 6.13. The topological polar surface area (TPSA) is 41.7 Å². The fourth-order valence-corrected chi connectivity index (χ4v) is 3.55. The molecule has 1 aliphatic heterocycles. The number of rotatable bonds is 4. The third-order valence-corrected chi connectivity index (χ3v) is 5.07. The average molecular weight is 255 g/mol. The molecule has 2 rings (SSSR count). The van der Waals surface area contributed by atoms with Crippen LogP contribution in [0.25, 0.3) is 0 Å². The van der Waals surface area contributed by atoms with Gasteiger partial charge in [-0.1, -0.05) is 6.92 Å². The van der Waals surface area contributed by atoms with Gasteiger partial charge in [0.2, 0.25) is 0 Å². The molecular weight excluding hydrogens is 226 g/mol. The normalized spacial score (nSPS) is 35.8. The lowest BCUT2D eigenvalue weighted by Gasteiger charge is -2.50. The van der Waals surface area contributed by atoms with Crippen LogP contribution in [0.15, 0.2) is 0 Å². The summed E-state index contributed by atoms with van der Waals surface area (Å²) in [5.74, 6) is 0. The molecule has 0 atom stereocenters. The maximum absolute atomic E-state index is 6.13. The summed E-state index contributed by atoms with van der Waals surface area (Å²) in [4.78, 5) is 5.19. The van der Waals surface area contributed by atoms with Crippen LogP contribution in [0.5, 0.6) is 0 Å². The Balaban J connectivity index is 1.92. The molecule has 1 saturated carbocycles. The lowest BCUT2D eigenvalue weighted by atomic mass is 9.78. The van der Waals surface area contributed by atoms with E-state index in [1.54, 1.807) is 0 Å². The van der Waals surface area contributed by atoms with Crippen LogP contribution in [-0.2, 0) is 4.74 Å². The van der Waals surface area contributed by atoms with Crippen molar-refractivity contribution in [1.82, 2.24) is 9.80 Å². The minimum atomic E-state index is 0.259. The van der Waals surface area contributed by atoms with Crippen molar-refractivity contribution in [2.75, 3.05) is 46.4 Å². The summed E-state index contributed by atoms with van der Waals surface area (Å²) in [5.41, 5.74) is 6.39. The highest BCUT2D eigenvalue weighted by molar-refractivity contribution is 4.97. The molecule has 0 bridgehead atoms. The van der Waals surface area contributed by atoms with Gasteiger partial charge in [0.05, 0.1) is 6.10 Å². The van der Waals surface area contributed by atoms with Crippen LogP contribution < -0.4 is 5.73 Å². The number of likely N-dealkylation sites (N-methyl/N-ethyl adjacent to an activating group) is 1. The first kappa shape index (κ1) is 14.3. The molecule has 1 heterocycles. The third kappa shape index (κ3) is 2.87. The fraction of sp³-hybridized carbons (Fsp3) is 1.00. The van der Waals surface area contributed by atoms with Crippen LogP contribution in [0, 0.1) is 0 Å². The Hall–Kier alpha value is -0.160. The molecule has 0 amide bonds. The Labute approximate surface area is 111 Å². The molecule has 0 aromatic rings. The second kappa shape index (κ2) is 6.33. The van der Waals surface area contributed by atoms with Gasteiger partial charge in [0.25, 0.3) is 0 Å². The van der Waals surface area contributed by atoms with Crippen molar-refractivity contribution >= 4 is 0 Å². The van der Waals surface area contributed by atoms with Gasteiger partial charge in [0.15, 0.2) is 0 Å². The zero-order chi connectivity index (χ0) is 13.0. The molecule has 1 saturated heterocycles. The van der Waals surface area contributed by atoms with Crippen LogP contribution in [0.4, 0.5) is 0 Å². The Morgan fingerprint density at radius 2 is 1.78 bits per heavy atom. The first-order valence-electron chi connectivity index (χ1n) is 7.44. The molecule has 0 aromatic carbocycles. The van der Waals surface area contributed by atoms with Crippen molar-refractivity contribution in [1.29, 1.82) is 0 Å². The van der Waals surface area contributed by atoms with Gasteiger partial charge in [0.1, 0.15) is 0 Å². The van der Waals surface area contributed by atoms with Crippen molar-refractivity contribution in [3.63, 3.8) is 0 Å². The Bertz CT molecular complexity index is 243. The summed E-state index contributed by atoms with van der Waals surface area (Å²) in [6.45, 7) is 8.99. The molecule has 1 aliphatic carbocycles. The molecular formula is C14H29N3O. The van der Waals surface area contributed by atoms with Crippen molar-refractivity contribution in [2.45, 2.75) is 44.2 Å². The molecule has 106 valence electrons. The number of nitrogens with zero attached hydrogens (tertiary/aromatic N) is 2. The van der Waals surface area contributed by atoms with Gasteiger partial charge in [-0.3, -0.25) is 4.90 Å². The zero-order valence-electron chi connectivity index (χ0n) is 12.0. The van der Waals surface area contributed by atoms with Gasteiger partial charge in [-0.15, -0.1) is 0 Å². The number of nitrogens with two attached hydrogens (primary N) is 1. The maximum Gasteiger partial charge on any atom is 0.0572 e. The summed E-state index contributed by atoms with van der Waals surface area (Å²) in [7, 11) is 1.83. The summed E-state index contributed by atoms with van der Waals surface area (Å²) in [6.07, 6.45) is 5.20. The van der Waals surface area contributed by atoms with Crippen LogP contribution in [0.1, 0.15) is 32.6 Å². The first-order valence-corrected chi connectivity index (χ1v) is 7.44. The smallest absolute Gasteiger partial charge is 0.0572 e. The van der Waals surface area contributed by atoms with Crippen molar-refractivity contribution in [3.05, 3.63) is 0 Å². The van der Waals surface area contributed by atoms with Gasteiger partial charge >= 0.3 is 0 Å². The molecule has 0 radical (unpaired) electrons. The molecule has 2 aliphatic rings. The predicted octanol–water partition coefficient (Wildman–Crippen LogP) is 0.910. The van der Waals surface area contributed by atoms with Crippen molar-refractivity contribution in [3.8, 4) is 0 Å². The Morgan fingerprint density at radius 3 is 2.22 bits per heavy atom. The molecule has 18 heavy (non-hydrogen) atoms. The zero-order valence-corrected chi connectivity index (χ0v) is 12.0. The largest absolute Gasteiger partial charge is 0.381 e. The molecule has 0 spiro atoms. The van der Waals surface area contributed by atoms with Gasteiger partial charge in [0, 0.05) is 45.4 Å². The van der Waals surface area contributed by atoms with E-state index in [1.807, 2.05) is 7.11 Å². The summed E-state index contributed by atoms with van der Waals surface area (Å²) >= 11 is 0.